The lowest BCUT2D eigenvalue weighted by molar-refractivity contribution is -0.117. The van der Waals surface area contributed by atoms with Crippen molar-refractivity contribution in [2.24, 2.45) is 5.14 Å². The van der Waals surface area contributed by atoms with Crippen LogP contribution in [0.1, 0.15) is 11.3 Å². The first kappa shape index (κ1) is 19.6. The summed E-state index contributed by atoms with van der Waals surface area (Å²) in [5.74, 6) is -0.257. The van der Waals surface area contributed by atoms with Crippen molar-refractivity contribution < 1.29 is 22.4 Å². The number of benzene rings is 2. The van der Waals surface area contributed by atoms with E-state index in [4.69, 9.17) is 9.56 Å². The van der Waals surface area contributed by atoms with E-state index in [9.17, 15) is 18.0 Å². The molecular weight excluding hydrogens is 406 g/mol. The fraction of sp³-hybridized carbons (Fsp3) is 0.0476. The molecule has 0 saturated carbocycles. The van der Waals surface area contributed by atoms with E-state index >= 15 is 0 Å². The fourth-order valence-electron chi connectivity index (χ4n) is 3.04. The summed E-state index contributed by atoms with van der Waals surface area (Å²) in [6.45, 7) is 1.89. The molecule has 0 atom stereocenters. The average molecular weight is 423 g/mol. The van der Waals surface area contributed by atoms with Crippen LogP contribution in [-0.4, -0.2) is 20.2 Å². The van der Waals surface area contributed by atoms with Gasteiger partial charge in [-0.25, -0.2) is 18.6 Å². The van der Waals surface area contributed by atoms with Crippen molar-refractivity contribution >= 4 is 33.6 Å². The summed E-state index contributed by atoms with van der Waals surface area (Å²) < 4.78 is 28.4. The van der Waals surface area contributed by atoms with Crippen molar-refractivity contribution in [3.05, 3.63) is 77.6 Å². The van der Waals surface area contributed by atoms with Gasteiger partial charge in [-0.2, -0.15) is 0 Å². The number of sulfonamides is 1. The van der Waals surface area contributed by atoms with Crippen molar-refractivity contribution in [1.82, 2.24) is 5.43 Å². The number of hydrogen-bond acceptors (Lipinski definition) is 5. The van der Waals surface area contributed by atoms with E-state index in [-0.39, 0.29) is 10.5 Å². The number of aryl methyl sites for hydroxylation is 1. The fourth-order valence-corrected chi connectivity index (χ4v) is 3.56. The predicted octanol–water partition coefficient (Wildman–Crippen LogP) is 2.36. The van der Waals surface area contributed by atoms with Gasteiger partial charge in [0.05, 0.1) is 10.6 Å². The number of anilines is 1. The van der Waals surface area contributed by atoms with Crippen LogP contribution >= 0.6 is 0 Å². The number of nitrogens with zero attached hydrogens (tertiary/aromatic N) is 1. The normalized spacial score (nSPS) is 15.7. The summed E-state index contributed by atoms with van der Waals surface area (Å²) in [5, 5.41) is 6.29. The van der Waals surface area contributed by atoms with E-state index in [1.54, 1.807) is 42.5 Å². The molecule has 9 heteroatoms. The maximum absolute atomic E-state index is 12.7. The van der Waals surface area contributed by atoms with Crippen LogP contribution in [0.4, 0.5) is 5.69 Å². The molecule has 2 heterocycles. The summed E-state index contributed by atoms with van der Waals surface area (Å²) in [5.41, 5.74) is 4.63. The summed E-state index contributed by atoms with van der Waals surface area (Å²) in [6.07, 6.45) is 1.37. The Hall–Kier alpha value is -3.69. The lowest BCUT2D eigenvalue weighted by Crippen LogP contribution is -2.35. The molecule has 8 nitrogen and oxygen atoms in total. The average Bonchev–Trinajstić information content (AvgIpc) is 3.28. The Bertz CT molecular complexity index is 1290. The molecule has 0 aliphatic carbocycles. The zero-order valence-corrected chi connectivity index (χ0v) is 16.6. The van der Waals surface area contributed by atoms with Crippen LogP contribution in [0.5, 0.6) is 0 Å². The monoisotopic (exact) mass is 423 g/mol. The van der Waals surface area contributed by atoms with Crippen molar-refractivity contribution in [3.8, 4) is 11.3 Å². The van der Waals surface area contributed by atoms with Crippen LogP contribution in [0.2, 0.25) is 0 Å². The molecule has 1 aliphatic rings. The van der Waals surface area contributed by atoms with Crippen LogP contribution in [0.3, 0.4) is 0 Å². The third kappa shape index (κ3) is 3.76. The minimum absolute atomic E-state index is 0.00962. The first-order chi connectivity index (χ1) is 14.2. The lowest BCUT2D eigenvalue weighted by atomic mass is 10.2. The van der Waals surface area contributed by atoms with Gasteiger partial charge in [-0.05, 0) is 67.1 Å². The van der Waals surface area contributed by atoms with Gasteiger partial charge in [0.2, 0.25) is 10.0 Å². The largest absolute Gasteiger partial charge is 0.457 e. The van der Waals surface area contributed by atoms with Gasteiger partial charge in [0.1, 0.15) is 17.1 Å². The second-order valence-electron chi connectivity index (χ2n) is 6.75. The molecule has 0 bridgehead atoms. The molecule has 2 aromatic carbocycles. The number of carbonyl (C=O) groups excluding carboxylic acids is 2. The van der Waals surface area contributed by atoms with Crippen LogP contribution in [-0.2, 0) is 19.6 Å². The quantitative estimate of drug-likeness (QED) is 0.493. The molecule has 2 amide bonds. The van der Waals surface area contributed by atoms with E-state index in [1.807, 2.05) is 13.0 Å². The topological polar surface area (TPSA) is 123 Å². The zero-order chi connectivity index (χ0) is 21.5. The Balaban J connectivity index is 1.59. The summed E-state index contributed by atoms with van der Waals surface area (Å²) in [6, 6.07) is 16.3. The molecule has 1 aromatic heterocycles. The van der Waals surface area contributed by atoms with E-state index in [0.717, 1.165) is 5.56 Å². The number of amides is 2. The van der Waals surface area contributed by atoms with E-state index in [1.165, 1.54) is 23.2 Å². The molecule has 1 fully saturated rings. The van der Waals surface area contributed by atoms with Gasteiger partial charge in [0.25, 0.3) is 11.8 Å². The van der Waals surface area contributed by atoms with Crippen molar-refractivity contribution in [2.45, 2.75) is 11.8 Å². The molecule has 3 aromatic rings. The molecule has 3 N–H and O–H groups in total. The molecular formula is C21H17N3O5S. The summed E-state index contributed by atoms with van der Waals surface area (Å²) in [7, 11) is -3.78. The van der Waals surface area contributed by atoms with Gasteiger partial charge < -0.3 is 4.42 Å². The SMILES string of the molecule is Cc1cccc(N2NC(=O)/C(=C\c3ccc(-c4ccc(S(N)(=O)=O)cc4)o3)C2=O)c1. The molecule has 0 unspecified atom stereocenters. The Morgan fingerprint density at radius 1 is 1.03 bits per heavy atom. The highest BCUT2D eigenvalue weighted by Gasteiger charge is 2.34. The highest BCUT2D eigenvalue weighted by Crippen LogP contribution is 2.26. The van der Waals surface area contributed by atoms with Gasteiger partial charge in [-0.3, -0.25) is 15.0 Å². The second-order valence-corrected chi connectivity index (χ2v) is 8.31. The highest BCUT2D eigenvalue weighted by molar-refractivity contribution is 7.89. The molecule has 4 rings (SSSR count). The van der Waals surface area contributed by atoms with Crippen LogP contribution < -0.4 is 15.6 Å². The van der Waals surface area contributed by atoms with Crippen LogP contribution in [0, 0.1) is 6.92 Å². The number of hydrogen-bond donors (Lipinski definition) is 2. The molecule has 152 valence electrons. The maximum atomic E-state index is 12.7. The summed E-state index contributed by atoms with van der Waals surface area (Å²) >= 11 is 0. The minimum Gasteiger partial charge on any atom is -0.457 e. The molecule has 0 spiro atoms. The van der Waals surface area contributed by atoms with Crippen molar-refractivity contribution in [2.75, 3.05) is 5.01 Å². The van der Waals surface area contributed by atoms with Crippen molar-refractivity contribution in [3.63, 3.8) is 0 Å². The Morgan fingerprint density at radius 3 is 2.43 bits per heavy atom. The lowest BCUT2D eigenvalue weighted by Gasteiger charge is -2.14. The first-order valence-electron chi connectivity index (χ1n) is 8.89. The highest BCUT2D eigenvalue weighted by atomic mass is 32.2. The molecule has 0 radical (unpaired) electrons. The minimum atomic E-state index is -3.78. The van der Waals surface area contributed by atoms with Crippen molar-refractivity contribution in [1.29, 1.82) is 0 Å². The zero-order valence-electron chi connectivity index (χ0n) is 15.8. The Labute approximate surface area is 172 Å². The van der Waals surface area contributed by atoms with Crippen LogP contribution in [0.25, 0.3) is 17.4 Å². The van der Waals surface area contributed by atoms with Gasteiger partial charge in [-0.15, -0.1) is 0 Å². The smallest absolute Gasteiger partial charge is 0.282 e. The van der Waals surface area contributed by atoms with Gasteiger partial charge in [0, 0.05) is 5.56 Å². The number of rotatable bonds is 4. The summed E-state index contributed by atoms with van der Waals surface area (Å²) in [4.78, 5) is 25.0. The Kier molecular flexibility index (Phi) is 4.76. The van der Waals surface area contributed by atoms with E-state index in [0.29, 0.717) is 22.8 Å². The number of nitrogens with two attached hydrogens (primary N) is 1. The van der Waals surface area contributed by atoms with Crippen LogP contribution in [0.15, 0.2) is 75.5 Å². The third-order valence-electron chi connectivity index (χ3n) is 4.53. The molecule has 30 heavy (non-hydrogen) atoms. The number of nitrogens with one attached hydrogen (secondary N) is 1. The number of carbonyl (C=O) groups is 2. The molecule has 1 saturated heterocycles. The maximum Gasteiger partial charge on any atom is 0.282 e. The number of primary sulfonamides is 1. The third-order valence-corrected chi connectivity index (χ3v) is 5.46. The van der Waals surface area contributed by atoms with Gasteiger partial charge >= 0.3 is 0 Å². The Morgan fingerprint density at radius 2 is 1.77 bits per heavy atom. The molecule has 1 aliphatic heterocycles. The van der Waals surface area contributed by atoms with E-state index < -0.39 is 21.8 Å². The number of furan rings is 1. The first-order valence-corrected chi connectivity index (χ1v) is 10.4. The van der Waals surface area contributed by atoms with Gasteiger partial charge in [0.15, 0.2) is 0 Å². The second kappa shape index (κ2) is 7.29. The van der Waals surface area contributed by atoms with Gasteiger partial charge in [-0.1, -0.05) is 12.1 Å². The number of hydrazine groups is 1. The van der Waals surface area contributed by atoms with E-state index in [2.05, 4.69) is 5.43 Å². The standard InChI is InChI=1S/C21H17N3O5S/c1-13-3-2-4-15(11-13)24-21(26)18(20(25)23-24)12-16-7-10-19(29-16)14-5-8-17(9-6-14)30(22,27)28/h2-12H,1H3,(H,23,25)(H2,22,27,28)/b18-12+. The predicted molar refractivity (Wildman–Crippen MR) is 110 cm³/mol.